The van der Waals surface area contributed by atoms with Crippen LogP contribution in [0.15, 0.2) is 0 Å². The summed E-state index contributed by atoms with van der Waals surface area (Å²) < 4.78 is 0. The summed E-state index contributed by atoms with van der Waals surface area (Å²) in [6.45, 7) is 6.14. The van der Waals surface area contributed by atoms with Gasteiger partial charge in [0.2, 0.25) is 11.8 Å². The van der Waals surface area contributed by atoms with Crippen molar-refractivity contribution in [3.05, 3.63) is 0 Å². The van der Waals surface area contributed by atoms with Crippen LogP contribution >= 0.6 is 0 Å². The molecule has 1 rings (SSSR count). The summed E-state index contributed by atoms with van der Waals surface area (Å²) in [5.74, 6) is -0.0524. The van der Waals surface area contributed by atoms with Gasteiger partial charge >= 0.3 is 0 Å². The predicted octanol–water partition coefficient (Wildman–Crippen LogP) is 1.57. The first kappa shape index (κ1) is 10.2. The second-order valence-corrected chi connectivity index (χ2v) is 4.56. The summed E-state index contributed by atoms with van der Waals surface area (Å²) in [5, 5.41) is 0. The van der Waals surface area contributed by atoms with Gasteiger partial charge in [-0.3, -0.25) is 14.5 Å². The number of rotatable bonds is 0. The Labute approximate surface area is 79.1 Å². The topological polar surface area (TPSA) is 37.4 Å². The minimum atomic E-state index is -0.438. The van der Waals surface area contributed by atoms with E-state index < -0.39 is 5.41 Å². The van der Waals surface area contributed by atoms with E-state index in [9.17, 15) is 9.59 Å². The van der Waals surface area contributed by atoms with Crippen molar-refractivity contribution in [1.82, 2.24) is 4.90 Å². The highest BCUT2D eigenvalue weighted by Crippen LogP contribution is 2.21. The number of hydrogen-bond donors (Lipinski definition) is 0. The van der Waals surface area contributed by atoms with Gasteiger partial charge in [0.25, 0.3) is 0 Å². The van der Waals surface area contributed by atoms with Crippen LogP contribution in [0.3, 0.4) is 0 Å². The van der Waals surface area contributed by atoms with E-state index in [0.29, 0.717) is 13.0 Å². The van der Waals surface area contributed by atoms with E-state index >= 15 is 0 Å². The minimum Gasteiger partial charge on any atom is -0.282 e. The molecule has 0 radical (unpaired) electrons. The van der Waals surface area contributed by atoms with Crippen molar-refractivity contribution in [2.45, 2.75) is 40.0 Å². The summed E-state index contributed by atoms with van der Waals surface area (Å²) >= 11 is 0. The molecule has 1 aliphatic rings. The fourth-order valence-electron chi connectivity index (χ4n) is 1.43. The van der Waals surface area contributed by atoms with Crippen LogP contribution in [0.1, 0.15) is 40.0 Å². The first-order valence-electron chi connectivity index (χ1n) is 4.78. The molecule has 0 aromatic rings. The molecular weight excluding hydrogens is 166 g/mol. The lowest BCUT2D eigenvalue weighted by Crippen LogP contribution is -2.45. The Bertz CT molecular complexity index is 228. The van der Waals surface area contributed by atoms with E-state index in [1.54, 1.807) is 0 Å². The lowest BCUT2D eigenvalue weighted by Gasteiger charge is -2.30. The predicted molar refractivity (Wildman–Crippen MR) is 50.0 cm³/mol. The average Bonchev–Trinajstić information content (AvgIpc) is 2.02. The fraction of sp³-hybridized carbons (Fsp3) is 0.800. The minimum absolute atomic E-state index is 0.00817. The van der Waals surface area contributed by atoms with Crippen LogP contribution < -0.4 is 0 Å². The van der Waals surface area contributed by atoms with Crippen LogP contribution in [0, 0.1) is 5.41 Å². The van der Waals surface area contributed by atoms with Crippen molar-refractivity contribution in [3.8, 4) is 0 Å². The maximum atomic E-state index is 11.7. The molecule has 1 saturated heterocycles. The fourth-order valence-corrected chi connectivity index (χ4v) is 1.43. The molecule has 0 bridgehead atoms. The number of hydrogen-bond acceptors (Lipinski definition) is 2. The van der Waals surface area contributed by atoms with Crippen LogP contribution in [0.2, 0.25) is 0 Å². The molecule has 1 aliphatic heterocycles. The smallest absolute Gasteiger partial charge is 0.234 e. The van der Waals surface area contributed by atoms with Gasteiger partial charge in [0.05, 0.1) is 0 Å². The lowest BCUT2D eigenvalue weighted by molar-refractivity contribution is -0.151. The van der Waals surface area contributed by atoms with E-state index in [-0.39, 0.29) is 11.8 Å². The van der Waals surface area contributed by atoms with Crippen molar-refractivity contribution < 1.29 is 9.59 Å². The third-order valence-electron chi connectivity index (χ3n) is 2.21. The van der Waals surface area contributed by atoms with Gasteiger partial charge in [0.1, 0.15) is 0 Å². The lowest BCUT2D eigenvalue weighted by atomic mass is 9.93. The molecule has 3 nitrogen and oxygen atoms in total. The Morgan fingerprint density at radius 3 is 2.38 bits per heavy atom. The molecule has 0 saturated carbocycles. The largest absolute Gasteiger partial charge is 0.282 e. The standard InChI is InChI=1S/C10H17NO2/c1-10(2,3)9(13)11-7-5-4-6-8(11)12/h4-7H2,1-3H3. The monoisotopic (exact) mass is 183 g/mol. The van der Waals surface area contributed by atoms with Crippen LogP contribution in [0.4, 0.5) is 0 Å². The Kier molecular flexibility index (Phi) is 2.74. The van der Waals surface area contributed by atoms with E-state index in [0.717, 1.165) is 12.8 Å². The highest BCUT2D eigenvalue weighted by atomic mass is 16.2. The van der Waals surface area contributed by atoms with Crippen LogP contribution in [0.5, 0.6) is 0 Å². The third-order valence-corrected chi connectivity index (χ3v) is 2.21. The second kappa shape index (κ2) is 3.48. The Hall–Kier alpha value is -0.860. The van der Waals surface area contributed by atoms with E-state index in [1.807, 2.05) is 20.8 Å². The molecule has 3 heteroatoms. The number of imide groups is 1. The Morgan fingerprint density at radius 1 is 1.31 bits per heavy atom. The number of carbonyl (C=O) groups excluding carboxylic acids is 2. The molecule has 0 atom stereocenters. The van der Waals surface area contributed by atoms with Gasteiger partial charge in [-0.2, -0.15) is 0 Å². The summed E-state index contributed by atoms with van der Waals surface area (Å²) in [6, 6.07) is 0. The molecule has 0 aromatic carbocycles. The average molecular weight is 183 g/mol. The first-order valence-corrected chi connectivity index (χ1v) is 4.78. The normalized spacial score (nSPS) is 19.0. The quantitative estimate of drug-likeness (QED) is 0.571. The summed E-state index contributed by atoms with van der Waals surface area (Å²) in [7, 11) is 0. The molecule has 0 spiro atoms. The van der Waals surface area contributed by atoms with Crippen molar-refractivity contribution >= 4 is 11.8 Å². The zero-order valence-corrected chi connectivity index (χ0v) is 8.59. The molecular formula is C10H17NO2. The van der Waals surface area contributed by atoms with Gasteiger partial charge in [0, 0.05) is 18.4 Å². The van der Waals surface area contributed by atoms with Gasteiger partial charge in [-0.15, -0.1) is 0 Å². The first-order chi connectivity index (χ1) is 5.93. The van der Waals surface area contributed by atoms with Gasteiger partial charge in [0.15, 0.2) is 0 Å². The molecule has 1 fully saturated rings. The van der Waals surface area contributed by atoms with Crippen molar-refractivity contribution in [2.24, 2.45) is 5.41 Å². The summed E-state index contributed by atoms with van der Waals surface area (Å²) in [5.41, 5.74) is -0.438. The maximum Gasteiger partial charge on any atom is 0.234 e. The van der Waals surface area contributed by atoms with Crippen LogP contribution in [0.25, 0.3) is 0 Å². The highest BCUT2D eigenvalue weighted by Gasteiger charge is 2.32. The Morgan fingerprint density at radius 2 is 1.92 bits per heavy atom. The zero-order chi connectivity index (χ0) is 10.1. The van der Waals surface area contributed by atoms with E-state index in [1.165, 1.54) is 4.90 Å². The van der Waals surface area contributed by atoms with Crippen LogP contribution in [-0.2, 0) is 9.59 Å². The maximum absolute atomic E-state index is 11.7. The number of amides is 2. The van der Waals surface area contributed by atoms with Crippen molar-refractivity contribution in [3.63, 3.8) is 0 Å². The molecule has 2 amide bonds. The van der Waals surface area contributed by atoms with E-state index in [4.69, 9.17) is 0 Å². The number of piperidine rings is 1. The number of carbonyl (C=O) groups is 2. The molecule has 1 heterocycles. The third kappa shape index (κ3) is 2.29. The molecule has 0 aromatic heterocycles. The number of likely N-dealkylation sites (tertiary alicyclic amines) is 1. The number of nitrogens with zero attached hydrogens (tertiary/aromatic N) is 1. The van der Waals surface area contributed by atoms with Crippen molar-refractivity contribution in [1.29, 1.82) is 0 Å². The zero-order valence-electron chi connectivity index (χ0n) is 8.59. The van der Waals surface area contributed by atoms with Gasteiger partial charge in [-0.1, -0.05) is 20.8 Å². The van der Waals surface area contributed by atoms with Gasteiger partial charge in [-0.25, -0.2) is 0 Å². The van der Waals surface area contributed by atoms with Crippen LogP contribution in [-0.4, -0.2) is 23.3 Å². The summed E-state index contributed by atoms with van der Waals surface area (Å²) in [6.07, 6.45) is 2.40. The SMILES string of the molecule is CC(C)(C)C(=O)N1CCCCC1=O. The second-order valence-electron chi connectivity index (χ2n) is 4.56. The molecule has 0 aliphatic carbocycles. The van der Waals surface area contributed by atoms with Crippen molar-refractivity contribution in [2.75, 3.05) is 6.54 Å². The molecule has 0 N–H and O–H groups in total. The Balaban J connectivity index is 2.70. The van der Waals surface area contributed by atoms with Gasteiger partial charge in [-0.05, 0) is 12.8 Å². The molecule has 74 valence electrons. The highest BCUT2D eigenvalue weighted by molar-refractivity contribution is 5.97. The van der Waals surface area contributed by atoms with Gasteiger partial charge < -0.3 is 0 Å². The summed E-state index contributed by atoms with van der Waals surface area (Å²) in [4.78, 5) is 24.5. The molecule has 13 heavy (non-hydrogen) atoms. The molecule has 0 unspecified atom stereocenters. The van der Waals surface area contributed by atoms with E-state index in [2.05, 4.69) is 0 Å².